The van der Waals surface area contributed by atoms with E-state index in [2.05, 4.69) is 22.5 Å². The average molecular weight is 299 g/mol. The summed E-state index contributed by atoms with van der Waals surface area (Å²) in [5.74, 6) is -0.866. The molecular weight excluding hydrogens is 276 g/mol. The van der Waals surface area contributed by atoms with Crippen LogP contribution in [0.15, 0.2) is 6.07 Å². The van der Waals surface area contributed by atoms with E-state index in [0.29, 0.717) is 18.8 Å². The fourth-order valence-electron chi connectivity index (χ4n) is 2.81. The summed E-state index contributed by atoms with van der Waals surface area (Å²) >= 11 is 0. The number of hydrogen-bond donors (Lipinski definition) is 3. The van der Waals surface area contributed by atoms with Gasteiger partial charge in [-0.2, -0.15) is 0 Å². The van der Waals surface area contributed by atoms with Crippen molar-refractivity contribution >= 4 is 11.6 Å². The molecule has 1 saturated carbocycles. The van der Waals surface area contributed by atoms with Gasteiger partial charge in [0.25, 0.3) is 0 Å². The van der Waals surface area contributed by atoms with Crippen LogP contribution in [0.2, 0.25) is 0 Å². The second kappa shape index (κ2) is 6.56. The molecule has 118 valence electrons. The van der Waals surface area contributed by atoms with Crippen molar-refractivity contribution in [2.75, 3.05) is 24.2 Å². The average Bonchev–Trinajstić information content (AvgIpc) is 2.47. The van der Waals surface area contributed by atoms with E-state index in [1.165, 1.54) is 7.05 Å². The number of rotatable bonds is 5. The Hall–Kier alpha value is -1.43. The van der Waals surface area contributed by atoms with Gasteiger partial charge < -0.3 is 15.7 Å². The zero-order chi connectivity index (χ0) is 15.5. The normalized spacial score (nSPS) is 25.7. The predicted octanol–water partition coefficient (Wildman–Crippen LogP) is 3.14. The van der Waals surface area contributed by atoms with Gasteiger partial charge in [0.1, 0.15) is 0 Å². The Morgan fingerprint density at radius 1 is 1.29 bits per heavy atom. The van der Waals surface area contributed by atoms with Crippen molar-refractivity contribution in [1.82, 2.24) is 4.98 Å². The fourth-order valence-corrected chi connectivity index (χ4v) is 2.81. The van der Waals surface area contributed by atoms with Crippen LogP contribution in [0.3, 0.4) is 0 Å². The third-order valence-corrected chi connectivity index (χ3v) is 4.36. The minimum absolute atomic E-state index is 0.0134. The van der Waals surface area contributed by atoms with Crippen molar-refractivity contribution in [2.45, 2.75) is 44.6 Å². The van der Waals surface area contributed by atoms with Crippen molar-refractivity contribution in [1.29, 1.82) is 0 Å². The summed E-state index contributed by atoms with van der Waals surface area (Å²) in [7, 11) is 1.52. The van der Waals surface area contributed by atoms with Gasteiger partial charge in [-0.1, -0.05) is 13.3 Å². The molecule has 4 nitrogen and oxygen atoms in total. The molecular formula is C15H23F2N3O. The number of anilines is 2. The minimum atomic E-state index is -0.839. The second-order valence-corrected chi connectivity index (χ2v) is 5.83. The molecule has 6 heteroatoms. The molecule has 21 heavy (non-hydrogen) atoms. The van der Waals surface area contributed by atoms with Crippen LogP contribution in [0.4, 0.5) is 20.4 Å². The molecule has 1 aliphatic rings. The van der Waals surface area contributed by atoms with Gasteiger partial charge in [-0.25, -0.2) is 13.8 Å². The standard InChI is InChI=1S/C15H23F2N3O/c1-3-10-4-6-15(21,7-5-10)9-19-14-12(17)8-11(16)13(18-2)20-14/h8,10,21H,3-7,9H2,1-2H3,(H2,18,19,20). The Kier molecular flexibility index (Phi) is 4.98. The van der Waals surface area contributed by atoms with Gasteiger partial charge in [0.15, 0.2) is 23.3 Å². The first-order chi connectivity index (χ1) is 9.97. The third kappa shape index (κ3) is 3.81. The van der Waals surface area contributed by atoms with Crippen molar-refractivity contribution in [3.63, 3.8) is 0 Å². The molecule has 3 N–H and O–H groups in total. The maximum Gasteiger partial charge on any atom is 0.168 e. The van der Waals surface area contributed by atoms with Crippen LogP contribution in [-0.2, 0) is 0 Å². The van der Waals surface area contributed by atoms with E-state index in [1.54, 1.807) is 0 Å². The van der Waals surface area contributed by atoms with Crippen LogP contribution >= 0.6 is 0 Å². The topological polar surface area (TPSA) is 57.2 Å². The molecule has 0 unspecified atom stereocenters. The number of aromatic nitrogens is 1. The quantitative estimate of drug-likeness (QED) is 0.782. The number of aliphatic hydroxyl groups is 1. The van der Waals surface area contributed by atoms with Gasteiger partial charge in [0.05, 0.1) is 5.60 Å². The van der Waals surface area contributed by atoms with E-state index >= 15 is 0 Å². The SMILES string of the molecule is CCC1CCC(O)(CNc2nc(NC)c(F)cc2F)CC1. The summed E-state index contributed by atoms with van der Waals surface area (Å²) < 4.78 is 27.0. The van der Waals surface area contributed by atoms with Gasteiger partial charge in [-0.3, -0.25) is 0 Å². The first kappa shape index (κ1) is 15.9. The first-order valence-corrected chi connectivity index (χ1v) is 7.47. The lowest BCUT2D eigenvalue weighted by Gasteiger charge is -2.36. The maximum absolute atomic E-state index is 13.7. The summed E-state index contributed by atoms with van der Waals surface area (Å²) in [5, 5.41) is 15.9. The van der Waals surface area contributed by atoms with Crippen LogP contribution in [-0.4, -0.2) is 29.3 Å². The van der Waals surface area contributed by atoms with E-state index in [0.717, 1.165) is 25.3 Å². The van der Waals surface area contributed by atoms with Gasteiger partial charge >= 0.3 is 0 Å². The molecule has 0 aromatic carbocycles. The lowest BCUT2D eigenvalue weighted by atomic mass is 9.78. The molecule has 0 aliphatic heterocycles. The molecule has 1 aliphatic carbocycles. The van der Waals surface area contributed by atoms with Crippen LogP contribution in [0.25, 0.3) is 0 Å². The Labute approximate surface area is 124 Å². The summed E-state index contributed by atoms with van der Waals surface area (Å²) in [6.07, 6.45) is 4.48. The smallest absolute Gasteiger partial charge is 0.168 e. The van der Waals surface area contributed by atoms with Crippen molar-refractivity contribution < 1.29 is 13.9 Å². The molecule has 1 aromatic heterocycles. The number of nitrogens with one attached hydrogen (secondary N) is 2. The van der Waals surface area contributed by atoms with Gasteiger partial charge in [-0.15, -0.1) is 0 Å². The summed E-state index contributed by atoms with van der Waals surface area (Å²) in [4.78, 5) is 3.85. The highest BCUT2D eigenvalue weighted by Crippen LogP contribution is 2.34. The van der Waals surface area contributed by atoms with Gasteiger partial charge in [-0.05, 0) is 31.6 Å². The van der Waals surface area contributed by atoms with Gasteiger partial charge in [0.2, 0.25) is 0 Å². The summed E-state index contributed by atoms with van der Waals surface area (Å²) in [5.41, 5.74) is -0.839. The fraction of sp³-hybridized carbons (Fsp3) is 0.667. The van der Waals surface area contributed by atoms with Crippen LogP contribution in [0, 0.1) is 17.6 Å². The van der Waals surface area contributed by atoms with E-state index in [1.807, 2.05) is 0 Å². The van der Waals surface area contributed by atoms with E-state index in [9.17, 15) is 13.9 Å². The number of pyridine rings is 1. The molecule has 0 spiro atoms. The predicted molar refractivity (Wildman–Crippen MR) is 79.4 cm³/mol. The van der Waals surface area contributed by atoms with E-state index in [4.69, 9.17) is 0 Å². The molecule has 1 aromatic rings. The molecule has 0 atom stereocenters. The summed E-state index contributed by atoms with van der Waals surface area (Å²) in [6, 6.07) is 0.791. The third-order valence-electron chi connectivity index (χ3n) is 4.36. The van der Waals surface area contributed by atoms with E-state index < -0.39 is 17.2 Å². The summed E-state index contributed by atoms with van der Waals surface area (Å²) in [6.45, 7) is 2.38. The molecule has 0 saturated heterocycles. The molecule has 0 amide bonds. The van der Waals surface area contributed by atoms with E-state index in [-0.39, 0.29) is 18.2 Å². The number of halogens is 2. The molecule has 2 rings (SSSR count). The minimum Gasteiger partial charge on any atom is -0.388 e. The molecule has 1 heterocycles. The monoisotopic (exact) mass is 299 g/mol. The highest BCUT2D eigenvalue weighted by Gasteiger charge is 2.32. The molecule has 0 radical (unpaired) electrons. The second-order valence-electron chi connectivity index (χ2n) is 5.83. The number of nitrogens with zero attached hydrogens (tertiary/aromatic N) is 1. The highest BCUT2D eigenvalue weighted by atomic mass is 19.1. The zero-order valence-corrected chi connectivity index (χ0v) is 12.5. The zero-order valence-electron chi connectivity index (χ0n) is 12.5. The lowest BCUT2D eigenvalue weighted by molar-refractivity contribution is 0.00218. The Morgan fingerprint density at radius 2 is 1.90 bits per heavy atom. The van der Waals surface area contributed by atoms with Gasteiger partial charge in [0, 0.05) is 19.7 Å². The van der Waals surface area contributed by atoms with Crippen molar-refractivity contribution in [3.8, 4) is 0 Å². The maximum atomic E-state index is 13.7. The Balaban J connectivity index is 2.00. The van der Waals surface area contributed by atoms with Crippen LogP contribution in [0.1, 0.15) is 39.0 Å². The van der Waals surface area contributed by atoms with Crippen molar-refractivity contribution in [2.24, 2.45) is 5.92 Å². The lowest BCUT2D eigenvalue weighted by Crippen LogP contribution is -2.40. The highest BCUT2D eigenvalue weighted by molar-refractivity contribution is 5.47. The largest absolute Gasteiger partial charge is 0.388 e. The first-order valence-electron chi connectivity index (χ1n) is 7.47. The molecule has 1 fully saturated rings. The van der Waals surface area contributed by atoms with Crippen molar-refractivity contribution in [3.05, 3.63) is 17.7 Å². The van der Waals surface area contributed by atoms with Crippen LogP contribution in [0.5, 0.6) is 0 Å². The molecule has 0 bridgehead atoms. The number of hydrogen-bond acceptors (Lipinski definition) is 4. The van der Waals surface area contributed by atoms with Crippen LogP contribution < -0.4 is 10.6 Å². The Bertz CT molecular complexity index is 488. The Morgan fingerprint density at radius 3 is 2.48 bits per heavy atom.